The van der Waals surface area contributed by atoms with E-state index in [0.29, 0.717) is 0 Å². The van der Waals surface area contributed by atoms with Crippen molar-refractivity contribution >= 4 is 11.6 Å². The van der Waals surface area contributed by atoms with Crippen LogP contribution in [0.3, 0.4) is 0 Å². The van der Waals surface area contributed by atoms with Gasteiger partial charge in [0.05, 0.1) is 0 Å². The highest BCUT2D eigenvalue weighted by Gasteiger charge is 1.98. The Morgan fingerprint density at radius 2 is 1.78 bits per heavy atom. The van der Waals surface area contributed by atoms with Crippen LogP contribution in [0, 0.1) is 11.6 Å². The fourth-order valence-corrected chi connectivity index (χ4v) is 0.629. The molecule has 0 nitrogen and oxygen atoms in total. The van der Waals surface area contributed by atoms with E-state index in [2.05, 4.69) is 0 Å². The van der Waals surface area contributed by atoms with Crippen LogP contribution in [0.15, 0.2) is 18.2 Å². The Balaban J connectivity index is 3.17. The van der Waals surface area contributed by atoms with Gasteiger partial charge in [0.2, 0.25) is 0 Å². The first kappa shape index (κ1) is 6.49. The molecule has 0 bridgehead atoms. The molecule has 1 aromatic carbocycles. The fourth-order valence-electron chi connectivity index (χ4n) is 0.470. The monoisotopic (exact) mass is 148 g/mol. The van der Waals surface area contributed by atoms with Crippen molar-refractivity contribution in [2.75, 3.05) is 0 Å². The lowest BCUT2D eigenvalue weighted by molar-refractivity contribution is 0.508. The number of halogens is 3. The lowest BCUT2D eigenvalue weighted by Crippen LogP contribution is -1.79. The van der Waals surface area contributed by atoms with Crippen molar-refractivity contribution in [2.45, 2.75) is 0 Å². The number of hydrogen-bond donors (Lipinski definition) is 0. The van der Waals surface area contributed by atoms with E-state index in [1.807, 2.05) is 0 Å². The first-order valence-corrected chi connectivity index (χ1v) is 2.68. The summed E-state index contributed by atoms with van der Waals surface area (Å²) in [6.07, 6.45) is 0. The Morgan fingerprint density at radius 1 is 1.11 bits per heavy atom. The number of rotatable bonds is 0. The molecule has 1 aromatic rings. The van der Waals surface area contributed by atoms with Crippen molar-refractivity contribution in [1.82, 2.24) is 0 Å². The third-order valence-corrected chi connectivity index (χ3v) is 1.12. The summed E-state index contributed by atoms with van der Waals surface area (Å²) in [7, 11) is 0. The van der Waals surface area contributed by atoms with Crippen molar-refractivity contribution in [2.24, 2.45) is 0 Å². The van der Waals surface area contributed by atoms with Crippen molar-refractivity contribution in [3.63, 3.8) is 0 Å². The maximum Gasteiger partial charge on any atom is 0.160 e. The molecule has 0 atom stereocenters. The van der Waals surface area contributed by atoms with Gasteiger partial charge >= 0.3 is 0 Å². The average Bonchev–Trinajstić information content (AvgIpc) is 1.80. The first-order valence-electron chi connectivity index (χ1n) is 2.30. The topological polar surface area (TPSA) is 0 Å². The van der Waals surface area contributed by atoms with Gasteiger partial charge in [-0.25, -0.2) is 8.78 Å². The molecule has 9 heavy (non-hydrogen) atoms. The van der Waals surface area contributed by atoms with E-state index >= 15 is 0 Å². The molecule has 0 aliphatic carbocycles. The summed E-state index contributed by atoms with van der Waals surface area (Å²) in [4.78, 5) is 0. The Hall–Kier alpha value is -0.630. The molecule has 0 saturated heterocycles. The van der Waals surface area contributed by atoms with Gasteiger partial charge in [0.25, 0.3) is 0 Å². The molecule has 0 heterocycles. The molecule has 0 N–H and O–H groups in total. The van der Waals surface area contributed by atoms with Gasteiger partial charge in [-0.3, -0.25) is 0 Å². The van der Waals surface area contributed by atoms with E-state index in [1.54, 1.807) is 0 Å². The van der Waals surface area contributed by atoms with Gasteiger partial charge in [0.1, 0.15) is 0 Å². The van der Waals surface area contributed by atoms with Crippen LogP contribution in [0.1, 0.15) is 0 Å². The van der Waals surface area contributed by atoms with Crippen LogP contribution >= 0.6 is 11.6 Å². The molecule has 0 aliphatic heterocycles. The van der Waals surface area contributed by atoms with E-state index in [-0.39, 0.29) is 5.02 Å². The SMILES string of the molecule is Fc1ccc(Cl)cc1F. The molecular formula is C6H3ClF2. The minimum atomic E-state index is -0.914. The second-order valence-corrected chi connectivity index (χ2v) is 1.99. The minimum Gasteiger partial charge on any atom is -0.204 e. The summed E-state index contributed by atoms with van der Waals surface area (Å²) in [5, 5.41) is 0.203. The fraction of sp³-hybridized carbons (Fsp3) is 0. The zero-order chi connectivity index (χ0) is 6.85. The first-order chi connectivity index (χ1) is 4.20. The van der Waals surface area contributed by atoms with Crippen molar-refractivity contribution in [3.8, 4) is 0 Å². The Morgan fingerprint density at radius 3 is 2.22 bits per heavy atom. The normalized spacial score (nSPS) is 9.67. The van der Waals surface area contributed by atoms with Gasteiger partial charge in [-0.2, -0.15) is 0 Å². The van der Waals surface area contributed by atoms with Gasteiger partial charge in [-0.05, 0) is 18.2 Å². The largest absolute Gasteiger partial charge is 0.204 e. The van der Waals surface area contributed by atoms with Crippen LogP contribution in [-0.4, -0.2) is 0 Å². The van der Waals surface area contributed by atoms with E-state index in [4.69, 9.17) is 11.6 Å². The quantitative estimate of drug-likeness (QED) is 0.496. The van der Waals surface area contributed by atoms with Crippen LogP contribution < -0.4 is 0 Å². The molecule has 0 unspecified atom stereocenters. The van der Waals surface area contributed by atoms with Crippen LogP contribution in [0.25, 0.3) is 0 Å². The van der Waals surface area contributed by atoms with Crippen LogP contribution in [0.4, 0.5) is 8.78 Å². The molecule has 0 aliphatic rings. The van der Waals surface area contributed by atoms with Gasteiger partial charge in [0.15, 0.2) is 11.6 Å². The predicted molar refractivity (Wildman–Crippen MR) is 31.4 cm³/mol. The van der Waals surface area contributed by atoms with E-state index in [0.717, 1.165) is 12.1 Å². The third kappa shape index (κ3) is 1.39. The summed E-state index contributed by atoms with van der Waals surface area (Å²) in [5.41, 5.74) is 0. The zero-order valence-corrected chi connectivity index (χ0v) is 5.12. The average molecular weight is 149 g/mol. The summed E-state index contributed by atoms with van der Waals surface area (Å²) in [6, 6.07) is 3.20. The molecule has 0 fully saturated rings. The highest BCUT2D eigenvalue weighted by atomic mass is 35.5. The maximum atomic E-state index is 12.1. The standard InChI is InChI=1S/C6H3ClF2/c7-4-1-2-5(8)6(9)3-4/h1-3H. The molecule has 1 rings (SSSR count). The smallest absolute Gasteiger partial charge is 0.160 e. The zero-order valence-electron chi connectivity index (χ0n) is 4.37. The third-order valence-electron chi connectivity index (χ3n) is 0.882. The highest BCUT2D eigenvalue weighted by molar-refractivity contribution is 6.30. The molecule has 0 aromatic heterocycles. The van der Waals surface area contributed by atoms with Gasteiger partial charge in [-0.1, -0.05) is 11.6 Å². The Labute approximate surface area is 56.1 Å². The number of benzene rings is 1. The molecule has 0 saturated carbocycles. The highest BCUT2D eigenvalue weighted by Crippen LogP contribution is 2.12. The lowest BCUT2D eigenvalue weighted by Gasteiger charge is -1.90. The van der Waals surface area contributed by atoms with Gasteiger partial charge < -0.3 is 0 Å². The van der Waals surface area contributed by atoms with Crippen LogP contribution in [0.5, 0.6) is 0 Å². The van der Waals surface area contributed by atoms with Gasteiger partial charge in [0, 0.05) is 5.02 Å². The summed E-state index contributed by atoms with van der Waals surface area (Å²) >= 11 is 5.31. The molecule has 3 heteroatoms. The van der Waals surface area contributed by atoms with E-state index < -0.39 is 11.6 Å². The Kier molecular flexibility index (Phi) is 1.67. The predicted octanol–water partition coefficient (Wildman–Crippen LogP) is 2.62. The molecule has 0 spiro atoms. The van der Waals surface area contributed by atoms with Crippen LogP contribution in [0.2, 0.25) is 5.02 Å². The summed E-state index contributed by atoms with van der Waals surface area (Å²) in [6.45, 7) is 0. The lowest BCUT2D eigenvalue weighted by atomic mass is 10.3. The molecule has 0 amide bonds. The summed E-state index contributed by atoms with van der Waals surface area (Å²) in [5.74, 6) is -1.79. The summed E-state index contributed by atoms with van der Waals surface area (Å²) < 4.78 is 24.2. The molecular weight excluding hydrogens is 146 g/mol. The van der Waals surface area contributed by atoms with Crippen molar-refractivity contribution < 1.29 is 8.78 Å². The van der Waals surface area contributed by atoms with E-state index in [1.165, 1.54) is 6.07 Å². The second kappa shape index (κ2) is 2.31. The van der Waals surface area contributed by atoms with Crippen LogP contribution in [-0.2, 0) is 0 Å². The van der Waals surface area contributed by atoms with E-state index in [9.17, 15) is 8.78 Å². The number of hydrogen-bond acceptors (Lipinski definition) is 0. The van der Waals surface area contributed by atoms with Crippen molar-refractivity contribution in [1.29, 1.82) is 0 Å². The van der Waals surface area contributed by atoms with Crippen molar-refractivity contribution in [3.05, 3.63) is 34.9 Å². The second-order valence-electron chi connectivity index (χ2n) is 1.56. The van der Waals surface area contributed by atoms with Gasteiger partial charge in [-0.15, -0.1) is 0 Å². The molecule has 0 radical (unpaired) electrons. The molecule has 48 valence electrons. The maximum absolute atomic E-state index is 12.1. The minimum absolute atomic E-state index is 0.203. The Bertz CT molecular complexity index is 222.